The van der Waals surface area contributed by atoms with E-state index in [1.54, 1.807) is 13.2 Å². The summed E-state index contributed by atoms with van der Waals surface area (Å²) in [5.74, 6) is 0.642. The second-order valence-electron chi connectivity index (χ2n) is 3.76. The van der Waals surface area contributed by atoms with Gasteiger partial charge in [-0.1, -0.05) is 0 Å². The van der Waals surface area contributed by atoms with Crippen molar-refractivity contribution in [2.75, 3.05) is 33.4 Å². The van der Waals surface area contributed by atoms with E-state index in [0.717, 1.165) is 18.8 Å². The van der Waals surface area contributed by atoms with Gasteiger partial charge in [0, 0.05) is 31.1 Å². The largest absolute Gasteiger partial charge is 0.496 e. The maximum absolute atomic E-state index is 11.8. The van der Waals surface area contributed by atoms with E-state index in [1.165, 1.54) is 11.3 Å². The molecule has 6 heteroatoms. The van der Waals surface area contributed by atoms with Gasteiger partial charge in [0.15, 0.2) is 0 Å². The molecule has 5 nitrogen and oxygen atoms in total. The van der Waals surface area contributed by atoms with Crippen LogP contribution in [0.5, 0.6) is 5.75 Å². The van der Waals surface area contributed by atoms with E-state index in [4.69, 9.17) is 9.47 Å². The van der Waals surface area contributed by atoms with Gasteiger partial charge in [-0.2, -0.15) is 0 Å². The number of carbonyl (C=O) groups excluding carboxylic acids is 1. The van der Waals surface area contributed by atoms with Gasteiger partial charge in [0.1, 0.15) is 5.75 Å². The minimum Gasteiger partial charge on any atom is -0.496 e. The Kier molecular flexibility index (Phi) is 4.36. The summed E-state index contributed by atoms with van der Waals surface area (Å²) in [6.07, 6.45) is 0.0644. The molecular weight excluding hydrogens is 240 g/mol. The Balaban J connectivity index is 1.80. The van der Waals surface area contributed by atoms with E-state index in [1.807, 2.05) is 5.38 Å². The topological polar surface area (TPSA) is 59.6 Å². The number of nitrogens with one attached hydrogen (secondary N) is 2. The van der Waals surface area contributed by atoms with Crippen LogP contribution in [-0.2, 0) is 4.74 Å². The van der Waals surface area contributed by atoms with Crippen molar-refractivity contribution < 1.29 is 14.3 Å². The minimum absolute atomic E-state index is 0.0644. The number of hydrogen-bond donors (Lipinski definition) is 2. The first-order chi connectivity index (χ1) is 8.29. The number of ether oxygens (including phenoxy) is 2. The SMILES string of the molecule is COc1csc(C(=O)NCC2CNCCO2)c1. The molecule has 2 heterocycles. The molecule has 1 amide bonds. The summed E-state index contributed by atoms with van der Waals surface area (Å²) in [4.78, 5) is 12.4. The zero-order valence-electron chi connectivity index (χ0n) is 9.69. The predicted octanol–water partition coefficient (Wildman–Crippen LogP) is 0.475. The van der Waals surface area contributed by atoms with Crippen molar-refractivity contribution in [3.63, 3.8) is 0 Å². The van der Waals surface area contributed by atoms with E-state index >= 15 is 0 Å². The Hall–Kier alpha value is -1.11. The second kappa shape index (κ2) is 6.00. The summed E-state index contributed by atoms with van der Waals surface area (Å²) < 4.78 is 10.5. The fourth-order valence-corrected chi connectivity index (χ4v) is 2.36. The maximum atomic E-state index is 11.8. The molecule has 0 saturated carbocycles. The number of thiophene rings is 1. The van der Waals surface area contributed by atoms with Crippen LogP contribution in [0.2, 0.25) is 0 Å². The molecule has 1 aromatic rings. The lowest BCUT2D eigenvalue weighted by Gasteiger charge is -2.23. The van der Waals surface area contributed by atoms with E-state index in [9.17, 15) is 4.79 Å². The lowest BCUT2D eigenvalue weighted by molar-refractivity contribution is 0.0287. The summed E-state index contributed by atoms with van der Waals surface area (Å²) in [6.45, 7) is 2.90. The molecule has 1 aromatic heterocycles. The van der Waals surface area contributed by atoms with Gasteiger partial charge in [-0.05, 0) is 0 Å². The predicted molar refractivity (Wildman–Crippen MR) is 65.8 cm³/mol. The molecule has 1 atom stereocenters. The van der Waals surface area contributed by atoms with E-state index in [0.29, 0.717) is 18.0 Å². The number of rotatable bonds is 4. The molecule has 1 saturated heterocycles. The van der Waals surface area contributed by atoms with Crippen molar-refractivity contribution in [2.45, 2.75) is 6.10 Å². The Morgan fingerprint density at radius 1 is 1.76 bits per heavy atom. The molecule has 0 aromatic carbocycles. The number of hydrogen-bond acceptors (Lipinski definition) is 5. The Morgan fingerprint density at radius 2 is 2.65 bits per heavy atom. The van der Waals surface area contributed by atoms with Crippen molar-refractivity contribution in [1.82, 2.24) is 10.6 Å². The molecule has 1 aliphatic rings. The van der Waals surface area contributed by atoms with Crippen LogP contribution in [0.25, 0.3) is 0 Å². The third-order valence-corrected chi connectivity index (χ3v) is 3.44. The fraction of sp³-hybridized carbons (Fsp3) is 0.545. The number of methoxy groups -OCH3 is 1. The summed E-state index contributed by atoms with van der Waals surface area (Å²) in [5.41, 5.74) is 0. The van der Waals surface area contributed by atoms with Crippen LogP contribution in [0.4, 0.5) is 0 Å². The van der Waals surface area contributed by atoms with E-state index < -0.39 is 0 Å². The standard InChI is InChI=1S/C11H16N2O3S/c1-15-8-4-10(17-7-8)11(14)13-6-9-5-12-2-3-16-9/h4,7,9,12H,2-3,5-6H2,1H3,(H,13,14). The van der Waals surface area contributed by atoms with Gasteiger partial charge in [0.2, 0.25) is 0 Å². The quantitative estimate of drug-likeness (QED) is 0.822. The smallest absolute Gasteiger partial charge is 0.261 e. The highest BCUT2D eigenvalue weighted by Crippen LogP contribution is 2.20. The van der Waals surface area contributed by atoms with Gasteiger partial charge < -0.3 is 20.1 Å². The van der Waals surface area contributed by atoms with Gasteiger partial charge in [-0.25, -0.2) is 0 Å². The molecule has 94 valence electrons. The summed E-state index contributed by atoms with van der Waals surface area (Å²) in [7, 11) is 1.59. The minimum atomic E-state index is -0.0764. The molecular formula is C11H16N2O3S. The zero-order valence-corrected chi connectivity index (χ0v) is 10.5. The molecule has 17 heavy (non-hydrogen) atoms. The van der Waals surface area contributed by atoms with Crippen LogP contribution in [0, 0.1) is 0 Å². The summed E-state index contributed by atoms with van der Waals surface area (Å²) in [6, 6.07) is 1.74. The van der Waals surface area contributed by atoms with Crippen LogP contribution in [0.3, 0.4) is 0 Å². The van der Waals surface area contributed by atoms with Gasteiger partial charge in [-0.15, -0.1) is 11.3 Å². The first kappa shape index (κ1) is 12.3. The molecule has 2 rings (SSSR count). The maximum Gasteiger partial charge on any atom is 0.261 e. The number of amides is 1. The molecule has 0 bridgehead atoms. The van der Waals surface area contributed by atoms with Crippen LogP contribution in [0.1, 0.15) is 9.67 Å². The molecule has 0 aliphatic carbocycles. The summed E-state index contributed by atoms with van der Waals surface area (Å²) >= 11 is 1.38. The van der Waals surface area contributed by atoms with Crippen molar-refractivity contribution in [3.05, 3.63) is 16.3 Å². The first-order valence-corrected chi connectivity index (χ1v) is 6.40. The molecule has 1 aliphatic heterocycles. The van der Waals surface area contributed by atoms with Crippen molar-refractivity contribution >= 4 is 17.2 Å². The Morgan fingerprint density at radius 3 is 3.29 bits per heavy atom. The zero-order chi connectivity index (χ0) is 12.1. The van der Waals surface area contributed by atoms with Crippen molar-refractivity contribution in [1.29, 1.82) is 0 Å². The molecule has 0 spiro atoms. The average molecular weight is 256 g/mol. The van der Waals surface area contributed by atoms with Crippen LogP contribution >= 0.6 is 11.3 Å². The number of morpholine rings is 1. The fourth-order valence-electron chi connectivity index (χ4n) is 1.59. The normalized spacial score (nSPS) is 19.9. The third kappa shape index (κ3) is 3.42. The van der Waals surface area contributed by atoms with E-state index in [-0.39, 0.29) is 12.0 Å². The van der Waals surface area contributed by atoms with Gasteiger partial charge >= 0.3 is 0 Å². The molecule has 2 N–H and O–H groups in total. The molecule has 1 unspecified atom stereocenters. The average Bonchev–Trinajstić information content (AvgIpc) is 2.86. The number of carbonyl (C=O) groups is 1. The highest BCUT2D eigenvalue weighted by molar-refractivity contribution is 7.12. The first-order valence-electron chi connectivity index (χ1n) is 5.52. The molecule has 0 radical (unpaired) electrons. The third-order valence-electron chi connectivity index (χ3n) is 2.53. The highest BCUT2D eigenvalue weighted by Gasteiger charge is 2.15. The Bertz CT molecular complexity index is 375. The van der Waals surface area contributed by atoms with Gasteiger partial charge in [0.25, 0.3) is 5.91 Å². The van der Waals surface area contributed by atoms with Crippen LogP contribution < -0.4 is 15.4 Å². The Labute approximate surface area is 104 Å². The lowest BCUT2D eigenvalue weighted by atomic mass is 10.3. The van der Waals surface area contributed by atoms with Crippen molar-refractivity contribution in [2.24, 2.45) is 0 Å². The highest BCUT2D eigenvalue weighted by atomic mass is 32.1. The second-order valence-corrected chi connectivity index (χ2v) is 4.67. The lowest BCUT2D eigenvalue weighted by Crippen LogP contribution is -2.45. The van der Waals surface area contributed by atoms with Crippen molar-refractivity contribution in [3.8, 4) is 5.75 Å². The summed E-state index contributed by atoms with van der Waals surface area (Å²) in [5, 5.41) is 7.89. The van der Waals surface area contributed by atoms with Crippen LogP contribution in [-0.4, -0.2) is 45.4 Å². The van der Waals surface area contributed by atoms with Gasteiger partial charge in [-0.3, -0.25) is 4.79 Å². The molecule has 1 fully saturated rings. The monoisotopic (exact) mass is 256 g/mol. The van der Waals surface area contributed by atoms with Gasteiger partial charge in [0.05, 0.1) is 24.7 Å². The van der Waals surface area contributed by atoms with E-state index in [2.05, 4.69) is 10.6 Å². The van der Waals surface area contributed by atoms with Crippen LogP contribution in [0.15, 0.2) is 11.4 Å².